The quantitative estimate of drug-likeness (QED) is 0.844. The van der Waals surface area contributed by atoms with Crippen molar-refractivity contribution in [1.29, 1.82) is 0 Å². The van der Waals surface area contributed by atoms with Gasteiger partial charge in [0.2, 0.25) is 15.0 Å². The van der Waals surface area contributed by atoms with E-state index >= 15 is 0 Å². The Morgan fingerprint density at radius 3 is 2.76 bits per heavy atom. The normalized spacial score (nSPS) is 20.5. The number of likely N-dealkylation sites (tertiary alicyclic amines) is 1. The van der Waals surface area contributed by atoms with Crippen LogP contribution in [0.15, 0.2) is 11.4 Å². The first-order valence-electron chi connectivity index (χ1n) is 7.42. The Bertz CT molecular complexity index is 580. The molecule has 0 radical (unpaired) electrons. The summed E-state index contributed by atoms with van der Waals surface area (Å²) in [5, 5.41) is 9.55. The predicted molar refractivity (Wildman–Crippen MR) is 80.7 cm³/mol. The molecule has 1 aliphatic rings. The number of hydrogen-bond acceptors (Lipinski definition) is 5. The van der Waals surface area contributed by atoms with Gasteiger partial charge in [0.1, 0.15) is 0 Å². The molecule has 0 aliphatic carbocycles. The highest BCUT2D eigenvalue weighted by molar-refractivity contribution is 7.90. The summed E-state index contributed by atoms with van der Waals surface area (Å²) in [5.41, 5.74) is 0.907. The molecule has 1 aliphatic heterocycles. The largest absolute Gasteiger partial charge is 0.395 e. The summed E-state index contributed by atoms with van der Waals surface area (Å²) in [7, 11) is -3.33. The standard InChI is InChI=1S/C14H25N3O3S/c1-11(2)8-17-13(7-15-14(17)21(3,19)20)9-16-6-4-5-12(16)10-18/h7,11-12,18H,4-6,8-10H2,1-3H3/t12-/m0/s1. The Morgan fingerprint density at radius 1 is 1.48 bits per heavy atom. The minimum absolute atomic E-state index is 0.144. The lowest BCUT2D eigenvalue weighted by molar-refractivity contribution is 0.150. The van der Waals surface area contributed by atoms with Gasteiger partial charge in [0.05, 0.1) is 18.5 Å². The summed E-state index contributed by atoms with van der Waals surface area (Å²) in [4.78, 5) is 6.33. The average molecular weight is 315 g/mol. The SMILES string of the molecule is CC(C)Cn1c(CN2CCC[C@H]2CO)cnc1S(C)(=O)=O. The van der Waals surface area contributed by atoms with Crippen molar-refractivity contribution < 1.29 is 13.5 Å². The van der Waals surface area contributed by atoms with Gasteiger partial charge in [-0.1, -0.05) is 13.8 Å². The number of aliphatic hydroxyl groups is 1. The number of nitrogens with zero attached hydrogens (tertiary/aromatic N) is 3. The van der Waals surface area contributed by atoms with Crippen LogP contribution in [0.5, 0.6) is 0 Å². The molecule has 1 N–H and O–H groups in total. The van der Waals surface area contributed by atoms with Crippen LogP contribution in [-0.2, 0) is 22.9 Å². The molecular formula is C14H25N3O3S. The van der Waals surface area contributed by atoms with Crippen molar-refractivity contribution in [3.63, 3.8) is 0 Å². The monoisotopic (exact) mass is 315 g/mol. The number of aliphatic hydroxyl groups excluding tert-OH is 1. The van der Waals surface area contributed by atoms with Crippen LogP contribution in [0.25, 0.3) is 0 Å². The molecule has 0 unspecified atom stereocenters. The first-order valence-corrected chi connectivity index (χ1v) is 9.31. The van der Waals surface area contributed by atoms with E-state index in [1.165, 1.54) is 6.26 Å². The Labute approximate surface area is 126 Å². The van der Waals surface area contributed by atoms with Crippen LogP contribution in [0.4, 0.5) is 0 Å². The lowest BCUT2D eigenvalue weighted by Crippen LogP contribution is -2.32. The Balaban J connectivity index is 2.28. The summed E-state index contributed by atoms with van der Waals surface area (Å²) < 4.78 is 25.6. The highest BCUT2D eigenvalue weighted by atomic mass is 32.2. The minimum Gasteiger partial charge on any atom is -0.395 e. The molecule has 0 spiro atoms. The van der Waals surface area contributed by atoms with Crippen LogP contribution < -0.4 is 0 Å². The molecule has 0 saturated carbocycles. The molecule has 2 rings (SSSR count). The molecule has 0 bridgehead atoms. The highest BCUT2D eigenvalue weighted by Gasteiger charge is 2.26. The van der Waals surface area contributed by atoms with Crippen molar-refractivity contribution in [2.75, 3.05) is 19.4 Å². The van der Waals surface area contributed by atoms with Gasteiger partial charge in [0, 0.05) is 25.4 Å². The Hall–Kier alpha value is -0.920. The van der Waals surface area contributed by atoms with E-state index < -0.39 is 9.84 Å². The minimum atomic E-state index is -3.33. The summed E-state index contributed by atoms with van der Waals surface area (Å²) in [6.07, 6.45) is 4.92. The van der Waals surface area contributed by atoms with Gasteiger partial charge in [-0.05, 0) is 25.3 Å². The van der Waals surface area contributed by atoms with Crippen molar-refractivity contribution >= 4 is 9.84 Å². The molecule has 6 nitrogen and oxygen atoms in total. The van der Waals surface area contributed by atoms with Crippen molar-refractivity contribution in [3.8, 4) is 0 Å². The van der Waals surface area contributed by atoms with Gasteiger partial charge in [0.15, 0.2) is 0 Å². The van der Waals surface area contributed by atoms with Gasteiger partial charge >= 0.3 is 0 Å². The number of sulfone groups is 1. The van der Waals surface area contributed by atoms with Gasteiger partial charge in [-0.25, -0.2) is 13.4 Å². The van der Waals surface area contributed by atoms with Crippen LogP contribution in [-0.4, -0.2) is 53.4 Å². The van der Waals surface area contributed by atoms with Gasteiger partial charge in [0.25, 0.3) is 0 Å². The first-order chi connectivity index (χ1) is 9.82. The van der Waals surface area contributed by atoms with E-state index in [9.17, 15) is 13.5 Å². The van der Waals surface area contributed by atoms with E-state index in [0.29, 0.717) is 19.0 Å². The molecule has 0 amide bonds. The van der Waals surface area contributed by atoms with Gasteiger partial charge in [-0.15, -0.1) is 0 Å². The molecule has 1 aromatic rings. The van der Waals surface area contributed by atoms with Crippen molar-refractivity contribution in [1.82, 2.24) is 14.5 Å². The van der Waals surface area contributed by atoms with E-state index in [2.05, 4.69) is 23.7 Å². The molecule has 7 heteroatoms. The van der Waals surface area contributed by atoms with Gasteiger partial charge in [-0.3, -0.25) is 4.90 Å². The topological polar surface area (TPSA) is 75.4 Å². The van der Waals surface area contributed by atoms with E-state index in [4.69, 9.17) is 0 Å². The number of rotatable bonds is 6. The fourth-order valence-electron chi connectivity index (χ4n) is 2.89. The molecule has 1 saturated heterocycles. The summed E-state index contributed by atoms with van der Waals surface area (Å²) in [6.45, 7) is 6.48. The lowest BCUT2D eigenvalue weighted by atomic mass is 10.2. The fraction of sp³-hybridized carbons (Fsp3) is 0.786. The van der Waals surface area contributed by atoms with Crippen LogP contribution in [0.2, 0.25) is 0 Å². The third-order valence-electron chi connectivity index (χ3n) is 3.86. The molecule has 1 atom stereocenters. The number of hydrogen-bond donors (Lipinski definition) is 1. The van der Waals surface area contributed by atoms with Crippen LogP contribution in [0, 0.1) is 5.92 Å². The third kappa shape index (κ3) is 3.84. The van der Waals surface area contributed by atoms with Crippen molar-refractivity contribution in [2.45, 2.75) is 51.0 Å². The van der Waals surface area contributed by atoms with Crippen LogP contribution in [0.1, 0.15) is 32.4 Å². The third-order valence-corrected chi connectivity index (χ3v) is 4.84. The second-order valence-electron chi connectivity index (χ2n) is 6.26. The zero-order valence-corrected chi connectivity index (χ0v) is 13.8. The van der Waals surface area contributed by atoms with Gasteiger partial charge in [-0.2, -0.15) is 0 Å². The smallest absolute Gasteiger partial charge is 0.227 e. The zero-order chi connectivity index (χ0) is 15.6. The lowest BCUT2D eigenvalue weighted by Gasteiger charge is -2.23. The van der Waals surface area contributed by atoms with E-state index in [0.717, 1.165) is 25.1 Å². The summed E-state index contributed by atoms with van der Waals surface area (Å²) in [6, 6.07) is 0.175. The zero-order valence-electron chi connectivity index (χ0n) is 13.0. The maximum atomic E-state index is 11.9. The maximum absolute atomic E-state index is 11.9. The second kappa shape index (κ2) is 6.46. The van der Waals surface area contributed by atoms with Crippen molar-refractivity contribution in [2.24, 2.45) is 5.92 Å². The van der Waals surface area contributed by atoms with Crippen LogP contribution >= 0.6 is 0 Å². The van der Waals surface area contributed by atoms with E-state index in [1.54, 1.807) is 6.20 Å². The number of aromatic nitrogens is 2. The maximum Gasteiger partial charge on any atom is 0.227 e. The Kier molecular flexibility index (Phi) is 5.06. The Morgan fingerprint density at radius 2 is 2.19 bits per heavy atom. The van der Waals surface area contributed by atoms with E-state index in [-0.39, 0.29) is 17.8 Å². The predicted octanol–water partition coefficient (Wildman–Crippen LogP) is 0.899. The molecule has 120 valence electrons. The number of imidazole rings is 1. The van der Waals surface area contributed by atoms with E-state index in [1.807, 2.05) is 4.57 Å². The molecule has 21 heavy (non-hydrogen) atoms. The van der Waals surface area contributed by atoms with Crippen molar-refractivity contribution in [3.05, 3.63) is 11.9 Å². The van der Waals surface area contributed by atoms with Crippen LogP contribution in [0.3, 0.4) is 0 Å². The second-order valence-corrected chi connectivity index (χ2v) is 8.17. The average Bonchev–Trinajstić information content (AvgIpc) is 2.96. The molecule has 1 aromatic heterocycles. The summed E-state index contributed by atoms with van der Waals surface area (Å²) in [5.74, 6) is 0.339. The molecule has 1 fully saturated rings. The highest BCUT2D eigenvalue weighted by Crippen LogP contribution is 2.22. The fourth-order valence-corrected chi connectivity index (χ4v) is 3.73. The summed E-state index contributed by atoms with van der Waals surface area (Å²) >= 11 is 0. The molecule has 2 heterocycles. The van der Waals surface area contributed by atoms with Gasteiger partial charge < -0.3 is 9.67 Å². The molecular weight excluding hydrogens is 290 g/mol. The molecule has 0 aromatic carbocycles. The first kappa shape index (κ1) is 16.5.